The predicted molar refractivity (Wildman–Crippen MR) is 170 cm³/mol. The number of fused-ring (bicyclic) bond motifs is 3. The lowest BCUT2D eigenvalue weighted by Gasteiger charge is -2.38. The second kappa shape index (κ2) is 13.3. The number of aromatic nitrogens is 4. The van der Waals surface area contributed by atoms with E-state index in [1.165, 1.54) is 12.2 Å². The highest BCUT2D eigenvalue weighted by Gasteiger charge is 2.34. The monoisotopic (exact) mass is 615 g/mol. The summed E-state index contributed by atoms with van der Waals surface area (Å²) in [6, 6.07) is 9.34. The Kier molecular flexibility index (Phi) is 9.44. The number of carbonyl (C=O) groups is 1. The summed E-state index contributed by atoms with van der Waals surface area (Å²) in [5.41, 5.74) is 5.29. The number of rotatable bonds is 9. The zero-order valence-corrected chi connectivity index (χ0v) is 26.6. The van der Waals surface area contributed by atoms with Gasteiger partial charge < -0.3 is 14.5 Å². The fourth-order valence-electron chi connectivity index (χ4n) is 6.41. The van der Waals surface area contributed by atoms with Gasteiger partial charge in [-0.05, 0) is 89.0 Å². The van der Waals surface area contributed by atoms with E-state index < -0.39 is 18.5 Å². The molecule has 11 heteroatoms. The number of piperidine rings is 1. The molecule has 4 aromatic rings. The minimum atomic E-state index is -0.740. The molecule has 0 saturated carbocycles. The van der Waals surface area contributed by atoms with Crippen molar-refractivity contribution >= 4 is 27.8 Å². The van der Waals surface area contributed by atoms with Crippen LogP contribution in [0, 0.1) is 37.9 Å². The summed E-state index contributed by atoms with van der Waals surface area (Å²) < 4.78 is 37.6. The SMILES string of the molecule is Cc1cccc(-c2c(C)cc3c(nc(O[C@@H](C)CN(C)C)c4nnn([C@H]5CCN(C(=O)/C=C/CF)[C@H](CC#N)C5)c43)c2F)c1C. The van der Waals surface area contributed by atoms with Gasteiger partial charge in [-0.1, -0.05) is 23.4 Å². The van der Waals surface area contributed by atoms with Gasteiger partial charge in [-0.15, -0.1) is 5.10 Å². The third kappa shape index (κ3) is 6.25. The molecule has 1 aliphatic heterocycles. The smallest absolute Gasteiger partial charge is 0.246 e. The van der Waals surface area contributed by atoms with Crippen molar-refractivity contribution in [2.24, 2.45) is 0 Å². The first-order valence-electron chi connectivity index (χ1n) is 15.2. The third-order valence-electron chi connectivity index (χ3n) is 8.61. The first-order chi connectivity index (χ1) is 21.5. The molecular weight excluding hydrogens is 576 g/mol. The molecule has 2 aromatic heterocycles. The van der Waals surface area contributed by atoms with Crippen LogP contribution in [-0.4, -0.2) is 81.7 Å². The number of benzene rings is 2. The number of aryl methyl sites for hydroxylation is 2. The van der Waals surface area contributed by atoms with Gasteiger partial charge >= 0.3 is 0 Å². The highest BCUT2D eigenvalue weighted by Crippen LogP contribution is 2.40. The van der Waals surface area contributed by atoms with Gasteiger partial charge in [0.1, 0.15) is 23.8 Å². The minimum absolute atomic E-state index is 0.115. The zero-order valence-electron chi connectivity index (χ0n) is 26.6. The van der Waals surface area contributed by atoms with Crippen molar-refractivity contribution in [1.29, 1.82) is 5.26 Å². The van der Waals surface area contributed by atoms with Crippen LogP contribution in [0.5, 0.6) is 5.88 Å². The number of pyridine rings is 1. The number of hydrogen-bond acceptors (Lipinski definition) is 7. The Morgan fingerprint density at radius 1 is 1.24 bits per heavy atom. The Balaban J connectivity index is 1.69. The normalized spacial score (nSPS) is 17.8. The van der Waals surface area contributed by atoms with Crippen LogP contribution in [0.3, 0.4) is 0 Å². The molecule has 0 N–H and O–H groups in total. The van der Waals surface area contributed by atoms with E-state index in [1.54, 1.807) is 9.58 Å². The summed E-state index contributed by atoms with van der Waals surface area (Å²) in [4.78, 5) is 21.1. The quantitative estimate of drug-likeness (QED) is 0.213. The maximum atomic E-state index is 16.8. The van der Waals surface area contributed by atoms with E-state index in [9.17, 15) is 14.4 Å². The topological polar surface area (TPSA) is 100 Å². The van der Waals surface area contributed by atoms with Gasteiger partial charge in [-0.3, -0.25) is 4.79 Å². The highest BCUT2D eigenvalue weighted by atomic mass is 19.1. The van der Waals surface area contributed by atoms with Crippen molar-refractivity contribution < 1.29 is 18.3 Å². The fourth-order valence-corrected chi connectivity index (χ4v) is 6.41. The molecule has 45 heavy (non-hydrogen) atoms. The van der Waals surface area contributed by atoms with Crippen LogP contribution in [0.2, 0.25) is 0 Å². The molecule has 0 radical (unpaired) electrons. The van der Waals surface area contributed by atoms with Crippen molar-refractivity contribution in [2.45, 2.75) is 65.1 Å². The van der Waals surface area contributed by atoms with E-state index in [4.69, 9.17) is 9.72 Å². The number of alkyl halides is 1. The van der Waals surface area contributed by atoms with Gasteiger partial charge in [0, 0.05) is 36.2 Å². The molecule has 236 valence electrons. The molecule has 0 bridgehead atoms. The number of carbonyl (C=O) groups excluding carboxylic acids is 1. The number of allylic oxidation sites excluding steroid dienone is 1. The lowest BCUT2D eigenvalue weighted by atomic mass is 9.92. The molecule has 9 nitrogen and oxygen atoms in total. The van der Waals surface area contributed by atoms with Crippen molar-refractivity contribution in [2.75, 3.05) is 33.9 Å². The number of amides is 1. The number of ether oxygens (including phenoxy) is 1. The van der Waals surface area contributed by atoms with Crippen LogP contribution in [0.25, 0.3) is 33.1 Å². The van der Waals surface area contributed by atoms with Crippen molar-refractivity contribution in [1.82, 2.24) is 29.8 Å². The van der Waals surface area contributed by atoms with Crippen LogP contribution in [-0.2, 0) is 4.79 Å². The zero-order chi connectivity index (χ0) is 32.4. The van der Waals surface area contributed by atoms with Gasteiger partial charge in [0.05, 0.1) is 18.5 Å². The van der Waals surface area contributed by atoms with E-state index in [0.29, 0.717) is 47.9 Å². The molecule has 1 saturated heterocycles. The third-order valence-corrected chi connectivity index (χ3v) is 8.61. The standard InChI is InChI=1S/C34H39F2N7O2/c1-20-9-7-10-26(23(20)4)29-21(2)17-27-31(30(29)36)38-34(45-22(3)19-41(5)6)32-33(27)43(40-39-32)25-13-16-42(24(18-25)12-15-37)28(44)11-8-14-35/h7-11,17,22,24-25H,12-14,16,18-19H2,1-6H3/b11-8+/t22-,24+,25-/m0/s1. The fraction of sp³-hybridized carbons (Fsp3) is 0.441. The van der Waals surface area contributed by atoms with E-state index in [-0.39, 0.29) is 35.9 Å². The Bertz CT molecular complexity index is 1810. The van der Waals surface area contributed by atoms with E-state index in [0.717, 1.165) is 22.3 Å². The maximum Gasteiger partial charge on any atom is 0.246 e. The minimum Gasteiger partial charge on any atom is -0.472 e. The molecule has 2 aromatic carbocycles. The molecule has 3 atom stereocenters. The largest absolute Gasteiger partial charge is 0.472 e. The molecule has 1 amide bonds. The molecule has 0 unspecified atom stereocenters. The summed E-state index contributed by atoms with van der Waals surface area (Å²) in [5.74, 6) is -0.571. The molecule has 0 spiro atoms. The van der Waals surface area contributed by atoms with Crippen LogP contribution >= 0.6 is 0 Å². The van der Waals surface area contributed by atoms with Crippen molar-refractivity contribution in [3.8, 4) is 23.1 Å². The number of likely N-dealkylation sites (N-methyl/N-ethyl adjacent to an activating group) is 1. The molecule has 1 aliphatic rings. The first kappa shape index (κ1) is 32.0. The van der Waals surface area contributed by atoms with Crippen LogP contribution in [0.15, 0.2) is 36.4 Å². The number of halogens is 2. The summed E-state index contributed by atoms with van der Waals surface area (Å²) >= 11 is 0. The summed E-state index contributed by atoms with van der Waals surface area (Å²) in [7, 11) is 3.89. The number of likely N-dealkylation sites (tertiary alicyclic amines) is 1. The van der Waals surface area contributed by atoms with E-state index in [1.807, 2.05) is 71.0 Å². The summed E-state index contributed by atoms with van der Waals surface area (Å²) in [5, 5.41) is 19.2. The Morgan fingerprint density at radius 2 is 2.02 bits per heavy atom. The van der Waals surface area contributed by atoms with Crippen LogP contribution in [0.1, 0.15) is 48.9 Å². The van der Waals surface area contributed by atoms with Crippen molar-refractivity contribution in [3.63, 3.8) is 0 Å². The Hall–Kier alpha value is -4.43. The predicted octanol–water partition coefficient (Wildman–Crippen LogP) is 6.01. The first-order valence-corrected chi connectivity index (χ1v) is 15.2. The van der Waals surface area contributed by atoms with Crippen molar-refractivity contribution in [3.05, 3.63) is 58.9 Å². The average Bonchev–Trinajstić information content (AvgIpc) is 3.44. The van der Waals surface area contributed by atoms with Gasteiger partial charge in [0.2, 0.25) is 11.8 Å². The molecule has 5 rings (SSSR count). The molecule has 3 heterocycles. The highest BCUT2D eigenvalue weighted by molar-refractivity contribution is 6.06. The second-order valence-corrected chi connectivity index (χ2v) is 12.1. The summed E-state index contributed by atoms with van der Waals surface area (Å²) in [6.07, 6.45) is 3.19. The van der Waals surface area contributed by atoms with Gasteiger partial charge in [-0.2, -0.15) is 5.26 Å². The molecule has 1 fully saturated rings. The van der Waals surface area contributed by atoms with Crippen LogP contribution < -0.4 is 4.74 Å². The average molecular weight is 616 g/mol. The lowest BCUT2D eigenvalue weighted by molar-refractivity contribution is -0.130. The Morgan fingerprint density at radius 3 is 2.73 bits per heavy atom. The number of nitrogens with zero attached hydrogens (tertiary/aromatic N) is 7. The molecular formula is C34H39F2N7O2. The van der Waals surface area contributed by atoms with Crippen LogP contribution in [0.4, 0.5) is 8.78 Å². The van der Waals surface area contributed by atoms with E-state index in [2.05, 4.69) is 16.4 Å². The van der Waals surface area contributed by atoms with E-state index >= 15 is 4.39 Å². The maximum absolute atomic E-state index is 16.8. The van der Waals surface area contributed by atoms with Gasteiger partial charge in [0.25, 0.3) is 0 Å². The van der Waals surface area contributed by atoms with Gasteiger partial charge in [0.15, 0.2) is 11.3 Å². The second-order valence-electron chi connectivity index (χ2n) is 12.1. The summed E-state index contributed by atoms with van der Waals surface area (Å²) in [6.45, 7) is 8.03. The lowest BCUT2D eigenvalue weighted by Crippen LogP contribution is -2.46. The number of hydrogen-bond donors (Lipinski definition) is 0. The Labute approximate surface area is 262 Å². The molecule has 0 aliphatic carbocycles. The number of nitriles is 1. The van der Waals surface area contributed by atoms with Gasteiger partial charge in [-0.25, -0.2) is 18.4 Å².